The summed E-state index contributed by atoms with van der Waals surface area (Å²) in [6.07, 6.45) is 2.01. The fourth-order valence-electron chi connectivity index (χ4n) is 3.32. The average Bonchev–Trinajstić information content (AvgIpc) is 2.85. The molecule has 7 heteroatoms. The van der Waals surface area contributed by atoms with Crippen LogP contribution in [0.4, 0.5) is 0 Å². The number of carbonyl (C=O) groups excluding carboxylic acids is 4. The van der Waals surface area contributed by atoms with Crippen LogP contribution in [0.15, 0.2) is 30.5 Å². The predicted molar refractivity (Wildman–Crippen MR) is 94.0 cm³/mol. The molecule has 0 aromatic heterocycles. The van der Waals surface area contributed by atoms with Gasteiger partial charge >= 0.3 is 0 Å². The lowest BCUT2D eigenvalue weighted by atomic mass is 10.0. The van der Waals surface area contributed by atoms with Crippen molar-refractivity contribution in [2.24, 2.45) is 0 Å². The number of piperidine rings is 1. The average molecular weight is 355 g/mol. The first-order valence-corrected chi connectivity index (χ1v) is 8.69. The van der Waals surface area contributed by atoms with Crippen molar-refractivity contribution in [1.29, 1.82) is 0 Å². The molecule has 1 saturated heterocycles. The highest BCUT2D eigenvalue weighted by atomic mass is 16.2. The summed E-state index contributed by atoms with van der Waals surface area (Å²) in [5.41, 5.74) is 1.71. The van der Waals surface area contributed by atoms with Crippen molar-refractivity contribution in [1.82, 2.24) is 15.5 Å². The molecule has 2 aliphatic rings. The summed E-state index contributed by atoms with van der Waals surface area (Å²) in [6.45, 7) is 5.79. The van der Waals surface area contributed by atoms with Gasteiger partial charge in [-0.3, -0.25) is 24.1 Å². The van der Waals surface area contributed by atoms with Crippen molar-refractivity contribution >= 4 is 23.6 Å². The number of nitrogens with one attached hydrogen (secondary N) is 2. The summed E-state index contributed by atoms with van der Waals surface area (Å²) in [7, 11) is 0. The number of allylic oxidation sites excluding steroid dienone is 1. The fourth-order valence-corrected chi connectivity index (χ4v) is 3.32. The summed E-state index contributed by atoms with van der Waals surface area (Å²) < 4.78 is 0. The maximum absolute atomic E-state index is 12.9. The van der Waals surface area contributed by atoms with Gasteiger partial charge in [-0.05, 0) is 30.9 Å². The molecule has 4 amide bonds. The second-order valence-electron chi connectivity index (χ2n) is 6.49. The standard InChI is InChI=1S/C19H21N3O4/c1-3-5-15(23)20-10-12-6-4-7-13-16(12)19(26)22(18(13)25)14-9-8-11(2)21-17(14)24/h4,6-7,14H,2-3,5,8-10H2,1H3,(H,20,23)(H,21,24). The van der Waals surface area contributed by atoms with Crippen LogP contribution in [-0.4, -0.2) is 34.6 Å². The number of hydrogen-bond donors (Lipinski definition) is 2. The van der Waals surface area contributed by atoms with Crippen molar-refractivity contribution in [2.45, 2.75) is 45.2 Å². The summed E-state index contributed by atoms with van der Waals surface area (Å²) >= 11 is 0. The second kappa shape index (κ2) is 7.11. The molecular weight excluding hydrogens is 334 g/mol. The van der Waals surface area contributed by atoms with Gasteiger partial charge in [0.05, 0.1) is 11.1 Å². The van der Waals surface area contributed by atoms with E-state index >= 15 is 0 Å². The fraction of sp³-hybridized carbons (Fsp3) is 0.368. The lowest BCUT2D eigenvalue weighted by Crippen LogP contribution is -2.51. The Hall–Kier alpha value is -2.96. The molecule has 0 aliphatic carbocycles. The van der Waals surface area contributed by atoms with Crippen molar-refractivity contribution in [3.8, 4) is 0 Å². The molecule has 2 N–H and O–H groups in total. The Morgan fingerprint density at radius 1 is 1.31 bits per heavy atom. The Kier molecular flexibility index (Phi) is 4.88. The summed E-state index contributed by atoms with van der Waals surface area (Å²) in [5.74, 6) is -1.46. The van der Waals surface area contributed by atoms with Crippen molar-refractivity contribution < 1.29 is 19.2 Å². The number of carbonyl (C=O) groups is 4. The molecule has 0 radical (unpaired) electrons. The maximum Gasteiger partial charge on any atom is 0.262 e. The van der Waals surface area contributed by atoms with E-state index in [9.17, 15) is 19.2 Å². The van der Waals surface area contributed by atoms with E-state index in [2.05, 4.69) is 17.2 Å². The second-order valence-corrected chi connectivity index (χ2v) is 6.49. The summed E-state index contributed by atoms with van der Waals surface area (Å²) in [4.78, 5) is 50.6. The summed E-state index contributed by atoms with van der Waals surface area (Å²) in [6, 6.07) is 4.13. The van der Waals surface area contributed by atoms with E-state index in [0.717, 1.165) is 11.3 Å². The highest BCUT2D eigenvalue weighted by Crippen LogP contribution is 2.30. The van der Waals surface area contributed by atoms with Crippen LogP contribution in [0.3, 0.4) is 0 Å². The van der Waals surface area contributed by atoms with Crippen molar-refractivity contribution in [3.05, 3.63) is 47.2 Å². The molecule has 0 saturated carbocycles. The first-order valence-electron chi connectivity index (χ1n) is 8.69. The Morgan fingerprint density at radius 2 is 2.08 bits per heavy atom. The minimum absolute atomic E-state index is 0.107. The highest BCUT2D eigenvalue weighted by molar-refractivity contribution is 6.23. The first kappa shape index (κ1) is 17.8. The minimum Gasteiger partial charge on any atom is -0.352 e. The third kappa shape index (κ3) is 3.12. The van der Waals surface area contributed by atoms with E-state index in [4.69, 9.17) is 0 Å². The van der Waals surface area contributed by atoms with Crippen LogP contribution < -0.4 is 10.6 Å². The third-order valence-electron chi connectivity index (χ3n) is 4.62. The van der Waals surface area contributed by atoms with Crippen LogP contribution in [0.2, 0.25) is 0 Å². The maximum atomic E-state index is 12.9. The van der Waals surface area contributed by atoms with E-state index in [-0.39, 0.29) is 23.6 Å². The van der Waals surface area contributed by atoms with E-state index in [1.54, 1.807) is 18.2 Å². The van der Waals surface area contributed by atoms with Gasteiger partial charge in [0.15, 0.2) is 0 Å². The zero-order chi connectivity index (χ0) is 18.8. The van der Waals surface area contributed by atoms with Crippen LogP contribution in [0.1, 0.15) is 58.9 Å². The molecule has 26 heavy (non-hydrogen) atoms. The normalized spacial score (nSPS) is 19.4. The number of imide groups is 1. The van der Waals surface area contributed by atoms with Gasteiger partial charge in [-0.25, -0.2) is 0 Å². The van der Waals surface area contributed by atoms with Gasteiger partial charge in [-0.2, -0.15) is 0 Å². The Bertz CT molecular complexity index is 815. The van der Waals surface area contributed by atoms with Crippen molar-refractivity contribution in [2.75, 3.05) is 0 Å². The minimum atomic E-state index is -0.838. The molecule has 1 atom stereocenters. The first-order chi connectivity index (χ1) is 12.4. The molecule has 1 aromatic carbocycles. The summed E-state index contributed by atoms with van der Waals surface area (Å²) in [5, 5.41) is 5.37. The van der Waals surface area contributed by atoms with Crippen LogP contribution in [0, 0.1) is 0 Å². The molecular formula is C19H21N3O4. The SMILES string of the molecule is C=C1CCC(N2C(=O)c3cccc(CNC(=O)CCC)c3C2=O)C(=O)N1. The zero-order valence-electron chi connectivity index (χ0n) is 14.6. The molecule has 0 bridgehead atoms. The van der Waals surface area contributed by atoms with Gasteiger partial charge < -0.3 is 10.6 Å². The van der Waals surface area contributed by atoms with Crippen LogP contribution in [-0.2, 0) is 16.1 Å². The topological polar surface area (TPSA) is 95.6 Å². The van der Waals surface area contributed by atoms with Gasteiger partial charge in [-0.1, -0.05) is 25.6 Å². The smallest absolute Gasteiger partial charge is 0.262 e. The largest absolute Gasteiger partial charge is 0.352 e. The van der Waals surface area contributed by atoms with Crippen LogP contribution in [0.5, 0.6) is 0 Å². The molecule has 0 spiro atoms. The number of hydrogen-bond acceptors (Lipinski definition) is 4. The number of amides is 4. The monoisotopic (exact) mass is 355 g/mol. The van der Waals surface area contributed by atoms with E-state index in [0.29, 0.717) is 30.5 Å². The molecule has 2 aliphatic heterocycles. The Morgan fingerprint density at radius 3 is 2.77 bits per heavy atom. The quantitative estimate of drug-likeness (QED) is 0.782. The lowest BCUT2D eigenvalue weighted by Gasteiger charge is -2.29. The molecule has 1 aromatic rings. The Labute approximate surface area is 151 Å². The molecule has 3 rings (SSSR count). The van der Waals surface area contributed by atoms with E-state index in [1.807, 2.05) is 6.92 Å². The molecule has 1 fully saturated rings. The van der Waals surface area contributed by atoms with Gasteiger partial charge in [0.2, 0.25) is 11.8 Å². The number of benzene rings is 1. The predicted octanol–water partition coefficient (Wildman–Crippen LogP) is 1.49. The van der Waals surface area contributed by atoms with Crippen LogP contribution in [0.25, 0.3) is 0 Å². The van der Waals surface area contributed by atoms with Gasteiger partial charge in [0.1, 0.15) is 6.04 Å². The van der Waals surface area contributed by atoms with Gasteiger partial charge in [0, 0.05) is 18.7 Å². The van der Waals surface area contributed by atoms with Gasteiger partial charge in [0.25, 0.3) is 11.8 Å². The van der Waals surface area contributed by atoms with Crippen LogP contribution >= 0.6 is 0 Å². The molecule has 1 unspecified atom stereocenters. The highest BCUT2D eigenvalue weighted by Gasteiger charge is 2.44. The number of rotatable bonds is 5. The number of nitrogens with zero attached hydrogens (tertiary/aromatic N) is 1. The molecule has 136 valence electrons. The zero-order valence-corrected chi connectivity index (χ0v) is 14.6. The third-order valence-corrected chi connectivity index (χ3v) is 4.62. The lowest BCUT2D eigenvalue weighted by molar-refractivity contribution is -0.125. The number of fused-ring (bicyclic) bond motifs is 1. The molecule has 7 nitrogen and oxygen atoms in total. The van der Waals surface area contributed by atoms with E-state index in [1.165, 1.54) is 0 Å². The van der Waals surface area contributed by atoms with Crippen molar-refractivity contribution in [3.63, 3.8) is 0 Å². The molecule has 2 heterocycles. The Balaban J connectivity index is 1.86. The van der Waals surface area contributed by atoms with Gasteiger partial charge in [-0.15, -0.1) is 0 Å². The van der Waals surface area contributed by atoms with E-state index < -0.39 is 23.8 Å².